The topological polar surface area (TPSA) is 50.7 Å². The van der Waals surface area contributed by atoms with Crippen molar-refractivity contribution >= 4 is 34.3 Å². The molecule has 0 fully saturated rings. The SMILES string of the molecule is CCOC(=O)N/N=C/C(Br)=C/c1ccccc1. The molecule has 5 heteroatoms. The number of allylic oxidation sites excluding steroid dienone is 1. The summed E-state index contributed by atoms with van der Waals surface area (Å²) in [5, 5.41) is 3.72. The Balaban J connectivity index is 2.49. The van der Waals surface area contributed by atoms with Crippen molar-refractivity contribution in [1.82, 2.24) is 5.43 Å². The number of halogens is 1. The first-order valence-electron chi connectivity index (χ1n) is 5.10. The first kappa shape index (κ1) is 13.4. The summed E-state index contributed by atoms with van der Waals surface area (Å²) in [6.07, 6.45) is 2.81. The van der Waals surface area contributed by atoms with E-state index in [1.165, 1.54) is 6.21 Å². The molecule has 0 unspecified atom stereocenters. The van der Waals surface area contributed by atoms with Gasteiger partial charge in [0.2, 0.25) is 0 Å². The first-order valence-corrected chi connectivity index (χ1v) is 5.89. The van der Waals surface area contributed by atoms with Crippen LogP contribution < -0.4 is 5.43 Å². The predicted molar refractivity (Wildman–Crippen MR) is 72.0 cm³/mol. The van der Waals surface area contributed by atoms with E-state index in [0.29, 0.717) is 6.61 Å². The number of nitrogens with one attached hydrogen (secondary N) is 1. The lowest BCUT2D eigenvalue weighted by atomic mass is 10.2. The maximum absolute atomic E-state index is 10.9. The highest BCUT2D eigenvalue weighted by atomic mass is 79.9. The quantitative estimate of drug-likeness (QED) is 0.685. The average Bonchev–Trinajstić information content (AvgIpc) is 2.30. The third kappa shape index (κ3) is 5.87. The van der Waals surface area contributed by atoms with Crippen LogP contribution >= 0.6 is 15.9 Å². The molecule has 0 aliphatic rings. The molecule has 90 valence electrons. The molecule has 0 aliphatic carbocycles. The molecule has 0 spiro atoms. The minimum absolute atomic E-state index is 0.322. The third-order valence-corrected chi connectivity index (χ3v) is 2.16. The summed E-state index contributed by atoms with van der Waals surface area (Å²) in [7, 11) is 0. The summed E-state index contributed by atoms with van der Waals surface area (Å²) in [6.45, 7) is 2.05. The van der Waals surface area contributed by atoms with Gasteiger partial charge in [-0.2, -0.15) is 5.10 Å². The molecule has 0 bridgehead atoms. The van der Waals surface area contributed by atoms with E-state index in [9.17, 15) is 4.79 Å². The highest BCUT2D eigenvalue weighted by molar-refractivity contribution is 9.12. The Morgan fingerprint density at radius 2 is 2.18 bits per heavy atom. The van der Waals surface area contributed by atoms with Crippen LogP contribution in [0.4, 0.5) is 4.79 Å². The lowest BCUT2D eigenvalue weighted by Crippen LogP contribution is -2.18. The first-order chi connectivity index (χ1) is 8.22. The number of carbonyl (C=O) groups is 1. The van der Waals surface area contributed by atoms with Gasteiger partial charge in [-0.05, 0) is 34.5 Å². The fourth-order valence-electron chi connectivity index (χ4n) is 1.06. The van der Waals surface area contributed by atoms with Crippen molar-refractivity contribution in [2.45, 2.75) is 6.92 Å². The van der Waals surface area contributed by atoms with Gasteiger partial charge < -0.3 is 4.74 Å². The number of hydrazone groups is 1. The van der Waals surface area contributed by atoms with Crippen molar-refractivity contribution in [3.8, 4) is 0 Å². The van der Waals surface area contributed by atoms with E-state index < -0.39 is 6.09 Å². The zero-order chi connectivity index (χ0) is 12.5. The fourth-order valence-corrected chi connectivity index (χ4v) is 1.42. The number of carbonyl (C=O) groups excluding carboxylic acids is 1. The van der Waals surface area contributed by atoms with Crippen LogP contribution in [0.1, 0.15) is 12.5 Å². The molecule has 1 rings (SSSR count). The van der Waals surface area contributed by atoms with Crippen LogP contribution in [0, 0.1) is 0 Å². The van der Waals surface area contributed by atoms with E-state index in [4.69, 9.17) is 0 Å². The van der Waals surface area contributed by atoms with E-state index >= 15 is 0 Å². The fraction of sp³-hybridized carbons (Fsp3) is 0.167. The molecule has 17 heavy (non-hydrogen) atoms. The zero-order valence-corrected chi connectivity index (χ0v) is 11.0. The summed E-state index contributed by atoms with van der Waals surface area (Å²) < 4.78 is 5.39. The molecule has 0 aromatic heterocycles. The molecule has 0 heterocycles. The van der Waals surface area contributed by atoms with Gasteiger partial charge in [0.15, 0.2) is 0 Å². The van der Waals surface area contributed by atoms with Crippen LogP contribution in [0.5, 0.6) is 0 Å². The van der Waals surface area contributed by atoms with Crippen molar-refractivity contribution in [3.63, 3.8) is 0 Å². The van der Waals surface area contributed by atoms with Crippen molar-refractivity contribution in [3.05, 3.63) is 40.4 Å². The lowest BCUT2D eigenvalue weighted by Gasteiger charge is -1.98. The summed E-state index contributed by atoms with van der Waals surface area (Å²) in [5.74, 6) is 0. The predicted octanol–water partition coefficient (Wildman–Crippen LogP) is 3.15. The lowest BCUT2D eigenvalue weighted by molar-refractivity contribution is 0.152. The van der Waals surface area contributed by atoms with E-state index in [0.717, 1.165) is 10.0 Å². The van der Waals surface area contributed by atoms with E-state index in [2.05, 4.69) is 31.2 Å². The largest absolute Gasteiger partial charge is 0.449 e. The summed E-state index contributed by atoms with van der Waals surface area (Å²) in [4.78, 5) is 10.9. The van der Waals surface area contributed by atoms with Gasteiger partial charge in [0, 0.05) is 4.48 Å². The summed E-state index contributed by atoms with van der Waals surface area (Å²) >= 11 is 3.32. The molecular formula is C12H13BrN2O2. The number of nitrogens with zero attached hydrogens (tertiary/aromatic N) is 1. The normalized spacial score (nSPS) is 11.5. The third-order valence-electron chi connectivity index (χ3n) is 1.72. The Bertz CT molecular complexity index is 416. The molecule has 4 nitrogen and oxygen atoms in total. The molecule has 1 amide bonds. The number of amides is 1. The van der Waals surface area contributed by atoms with Gasteiger partial charge in [-0.25, -0.2) is 10.2 Å². The Hall–Kier alpha value is -1.62. The van der Waals surface area contributed by atoms with Crippen molar-refractivity contribution in [1.29, 1.82) is 0 Å². The van der Waals surface area contributed by atoms with Gasteiger partial charge in [0.1, 0.15) is 0 Å². The number of hydrogen-bond acceptors (Lipinski definition) is 3. The monoisotopic (exact) mass is 296 g/mol. The maximum atomic E-state index is 10.9. The Kier molecular flexibility index (Phi) is 6.03. The molecule has 0 saturated carbocycles. The Morgan fingerprint density at radius 1 is 1.47 bits per heavy atom. The minimum Gasteiger partial charge on any atom is -0.449 e. The summed E-state index contributed by atoms with van der Waals surface area (Å²) in [5.41, 5.74) is 3.28. The van der Waals surface area contributed by atoms with Gasteiger partial charge in [0.05, 0.1) is 12.8 Å². The number of rotatable bonds is 4. The van der Waals surface area contributed by atoms with Crippen LogP contribution in [0.25, 0.3) is 6.08 Å². The molecule has 1 N–H and O–H groups in total. The van der Waals surface area contributed by atoms with Gasteiger partial charge in [-0.1, -0.05) is 30.3 Å². The Morgan fingerprint density at radius 3 is 2.82 bits per heavy atom. The number of ether oxygens (including phenoxy) is 1. The smallest absolute Gasteiger partial charge is 0.427 e. The van der Waals surface area contributed by atoms with Gasteiger partial charge in [-0.3, -0.25) is 0 Å². The molecule has 1 aromatic rings. The van der Waals surface area contributed by atoms with Gasteiger partial charge >= 0.3 is 6.09 Å². The average molecular weight is 297 g/mol. The van der Waals surface area contributed by atoms with Crippen LogP contribution in [-0.2, 0) is 4.74 Å². The van der Waals surface area contributed by atoms with Gasteiger partial charge in [-0.15, -0.1) is 0 Å². The second-order valence-electron chi connectivity index (χ2n) is 3.03. The second kappa shape index (κ2) is 7.62. The Labute approximate surface area is 108 Å². The molecule has 0 radical (unpaired) electrons. The molecule has 0 atom stereocenters. The van der Waals surface area contributed by atoms with E-state index in [1.54, 1.807) is 6.92 Å². The highest BCUT2D eigenvalue weighted by Gasteiger charge is 1.95. The number of benzene rings is 1. The zero-order valence-electron chi connectivity index (χ0n) is 9.39. The van der Waals surface area contributed by atoms with Crippen molar-refractivity contribution in [2.75, 3.05) is 6.61 Å². The highest BCUT2D eigenvalue weighted by Crippen LogP contribution is 2.09. The maximum Gasteiger partial charge on any atom is 0.427 e. The van der Waals surface area contributed by atoms with Crippen molar-refractivity contribution < 1.29 is 9.53 Å². The van der Waals surface area contributed by atoms with Crippen LogP contribution in [0.15, 0.2) is 39.9 Å². The molecule has 1 aromatic carbocycles. The van der Waals surface area contributed by atoms with Crippen LogP contribution in [-0.4, -0.2) is 18.9 Å². The standard InChI is InChI=1S/C12H13BrN2O2/c1-2-17-12(16)15-14-9-11(13)8-10-6-4-3-5-7-10/h3-9H,2H2,1H3,(H,15,16)/b11-8-,14-9+. The van der Waals surface area contributed by atoms with Crippen LogP contribution in [0.2, 0.25) is 0 Å². The van der Waals surface area contributed by atoms with Crippen molar-refractivity contribution in [2.24, 2.45) is 5.10 Å². The molecule has 0 aliphatic heterocycles. The van der Waals surface area contributed by atoms with Gasteiger partial charge in [0.25, 0.3) is 0 Å². The number of hydrogen-bond donors (Lipinski definition) is 1. The van der Waals surface area contributed by atoms with Crippen LogP contribution in [0.3, 0.4) is 0 Å². The molecular weight excluding hydrogens is 284 g/mol. The molecule has 0 saturated heterocycles. The van der Waals surface area contributed by atoms with E-state index in [1.807, 2.05) is 36.4 Å². The minimum atomic E-state index is -0.566. The van der Waals surface area contributed by atoms with E-state index in [-0.39, 0.29) is 0 Å². The summed E-state index contributed by atoms with van der Waals surface area (Å²) in [6, 6.07) is 9.77. The second-order valence-corrected chi connectivity index (χ2v) is 3.95.